The van der Waals surface area contributed by atoms with Gasteiger partial charge >= 0.3 is 6.18 Å². The summed E-state index contributed by atoms with van der Waals surface area (Å²) in [6.45, 7) is 6.73. The standard InChI is InChI=1S/C28H28F3N3O2/c1-17-6-7-21(36-16-20-8-12-34(20)3)15-23(17)26(35)33-27(9-10-27)24-13-19(18(2)28(29,30)31)14-25-22(24)5-4-11-32-25/h4-7,11,13-15,20H,2,8-10,12,16H2,1,3H3,(H,33,35). The third-order valence-corrected chi connectivity index (χ3v) is 7.36. The zero-order chi connectivity index (χ0) is 25.7. The van der Waals surface area contributed by atoms with Gasteiger partial charge < -0.3 is 10.1 Å². The van der Waals surface area contributed by atoms with E-state index in [1.165, 1.54) is 12.1 Å². The first kappa shape index (κ1) is 24.3. The Labute approximate surface area is 208 Å². The molecule has 0 radical (unpaired) electrons. The molecule has 1 aliphatic heterocycles. The van der Waals surface area contributed by atoms with Crippen LogP contribution in [0.1, 0.15) is 46.3 Å². The number of nitrogens with zero attached hydrogens (tertiary/aromatic N) is 2. The minimum Gasteiger partial charge on any atom is -0.492 e. The van der Waals surface area contributed by atoms with Crippen molar-refractivity contribution in [2.45, 2.75) is 43.9 Å². The van der Waals surface area contributed by atoms with Gasteiger partial charge in [-0.3, -0.25) is 14.7 Å². The van der Waals surface area contributed by atoms with Crippen molar-refractivity contribution >= 4 is 22.4 Å². The van der Waals surface area contributed by atoms with Crippen LogP contribution in [0.25, 0.3) is 16.5 Å². The summed E-state index contributed by atoms with van der Waals surface area (Å²) >= 11 is 0. The summed E-state index contributed by atoms with van der Waals surface area (Å²) in [5.74, 6) is 0.335. The number of nitrogens with one attached hydrogen (secondary N) is 1. The average Bonchev–Trinajstić information content (AvgIpc) is 3.62. The molecule has 2 aliphatic rings. The molecule has 8 heteroatoms. The Morgan fingerprint density at radius 2 is 2.03 bits per heavy atom. The molecular weight excluding hydrogens is 467 g/mol. The molecule has 1 unspecified atom stereocenters. The van der Waals surface area contributed by atoms with E-state index in [1.54, 1.807) is 18.3 Å². The van der Waals surface area contributed by atoms with E-state index in [0.717, 1.165) is 18.5 Å². The summed E-state index contributed by atoms with van der Waals surface area (Å²) in [6.07, 6.45) is -0.700. The van der Waals surface area contributed by atoms with Crippen molar-refractivity contribution in [2.75, 3.05) is 20.2 Å². The SMILES string of the molecule is C=C(c1cc(C2(NC(=O)c3cc(OCC4CCN4C)ccc3C)CC2)c2cccnc2c1)C(F)(F)F. The summed E-state index contributed by atoms with van der Waals surface area (Å²) in [7, 11) is 2.05. The molecule has 2 heterocycles. The van der Waals surface area contributed by atoms with Crippen LogP contribution in [0.2, 0.25) is 0 Å². The Balaban J connectivity index is 1.43. The third-order valence-electron chi connectivity index (χ3n) is 7.36. The summed E-state index contributed by atoms with van der Waals surface area (Å²) in [4.78, 5) is 19.9. The maximum absolute atomic E-state index is 13.4. The maximum atomic E-state index is 13.4. The highest BCUT2D eigenvalue weighted by atomic mass is 19.4. The van der Waals surface area contributed by atoms with Crippen LogP contribution >= 0.6 is 0 Å². The van der Waals surface area contributed by atoms with E-state index in [9.17, 15) is 18.0 Å². The predicted octanol–water partition coefficient (Wildman–Crippen LogP) is 5.62. The van der Waals surface area contributed by atoms with Crippen molar-refractivity contribution in [3.8, 4) is 5.75 Å². The quantitative estimate of drug-likeness (QED) is 0.462. The molecule has 1 saturated heterocycles. The molecule has 2 aromatic carbocycles. The molecule has 1 saturated carbocycles. The number of hydrogen-bond acceptors (Lipinski definition) is 4. The van der Waals surface area contributed by atoms with Crippen LogP contribution in [-0.4, -0.2) is 48.2 Å². The number of likely N-dealkylation sites (tertiary alicyclic amines) is 1. The normalized spacial score (nSPS) is 19.0. The topological polar surface area (TPSA) is 54.5 Å². The highest BCUT2D eigenvalue weighted by Crippen LogP contribution is 2.49. The Morgan fingerprint density at radius 3 is 2.67 bits per heavy atom. The molecule has 1 atom stereocenters. The van der Waals surface area contributed by atoms with E-state index in [4.69, 9.17) is 4.74 Å². The van der Waals surface area contributed by atoms with Crippen LogP contribution < -0.4 is 10.1 Å². The second-order valence-corrected chi connectivity index (χ2v) is 9.82. The molecule has 5 rings (SSSR count). The van der Waals surface area contributed by atoms with Crippen LogP contribution in [0.15, 0.2) is 55.2 Å². The Kier molecular flexibility index (Phi) is 6.03. The Hall–Kier alpha value is -3.39. The molecule has 5 nitrogen and oxygen atoms in total. The number of aromatic nitrogens is 1. The van der Waals surface area contributed by atoms with Crippen molar-refractivity contribution in [1.82, 2.24) is 15.2 Å². The first-order valence-electron chi connectivity index (χ1n) is 12.0. The summed E-state index contributed by atoms with van der Waals surface area (Å²) < 4.78 is 46.3. The maximum Gasteiger partial charge on any atom is 0.416 e. The Morgan fingerprint density at radius 1 is 1.25 bits per heavy atom. The van der Waals surface area contributed by atoms with E-state index < -0.39 is 17.3 Å². The number of hydrogen-bond donors (Lipinski definition) is 1. The number of rotatable bonds is 7. The third kappa shape index (κ3) is 4.57. The van der Waals surface area contributed by atoms with Gasteiger partial charge in [0.25, 0.3) is 5.91 Å². The van der Waals surface area contributed by atoms with Gasteiger partial charge in [-0.2, -0.15) is 13.2 Å². The molecule has 1 N–H and O–H groups in total. The number of fused-ring (bicyclic) bond motifs is 1. The smallest absolute Gasteiger partial charge is 0.416 e. The number of carbonyl (C=O) groups excluding carboxylic acids is 1. The number of halogens is 3. The van der Waals surface area contributed by atoms with Gasteiger partial charge in [-0.25, -0.2) is 0 Å². The fourth-order valence-corrected chi connectivity index (χ4v) is 4.70. The predicted molar refractivity (Wildman–Crippen MR) is 133 cm³/mol. The average molecular weight is 496 g/mol. The van der Waals surface area contributed by atoms with Crippen molar-refractivity contribution in [2.24, 2.45) is 0 Å². The minimum absolute atomic E-state index is 0.0447. The highest BCUT2D eigenvalue weighted by molar-refractivity contribution is 5.98. The second-order valence-electron chi connectivity index (χ2n) is 9.82. The van der Waals surface area contributed by atoms with E-state index in [1.807, 2.05) is 25.1 Å². The van der Waals surface area contributed by atoms with Crippen LogP contribution in [-0.2, 0) is 5.54 Å². The van der Waals surface area contributed by atoms with Gasteiger partial charge in [0.15, 0.2) is 0 Å². The lowest BCUT2D eigenvalue weighted by Gasteiger charge is -2.37. The lowest BCUT2D eigenvalue weighted by molar-refractivity contribution is -0.0686. The van der Waals surface area contributed by atoms with Crippen molar-refractivity contribution in [3.05, 3.63) is 77.5 Å². The summed E-state index contributed by atoms with van der Waals surface area (Å²) in [5, 5.41) is 3.83. The molecule has 1 amide bonds. The lowest BCUT2D eigenvalue weighted by Crippen LogP contribution is -2.48. The zero-order valence-electron chi connectivity index (χ0n) is 20.3. The number of aryl methyl sites for hydroxylation is 1. The largest absolute Gasteiger partial charge is 0.492 e. The van der Waals surface area contributed by atoms with Gasteiger partial charge in [0, 0.05) is 23.2 Å². The molecule has 1 aliphatic carbocycles. The summed E-state index contributed by atoms with van der Waals surface area (Å²) in [6, 6.07) is 12.3. The molecule has 3 aromatic rings. The van der Waals surface area contributed by atoms with Crippen LogP contribution in [0.3, 0.4) is 0 Å². The number of carbonyl (C=O) groups is 1. The first-order valence-corrected chi connectivity index (χ1v) is 12.0. The van der Waals surface area contributed by atoms with Crippen LogP contribution in [0.5, 0.6) is 5.75 Å². The number of benzene rings is 2. The number of amides is 1. The van der Waals surface area contributed by atoms with Gasteiger partial charge in [-0.1, -0.05) is 18.7 Å². The van der Waals surface area contributed by atoms with Crippen LogP contribution in [0, 0.1) is 6.92 Å². The Bertz CT molecular complexity index is 1350. The van der Waals surface area contributed by atoms with Gasteiger partial charge in [0.2, 0.25) is 0 Å². The fourth-order valence-electron chi connectivity index (χ4n) is 4.70. The molecule has 2 fully saturated rings. The highest BCUT2D eigenvalue weighted by Gasteiger charge is 2.47. The van der Waals surface area contributed by atoms with E-state index in [0.29, 0.717) is 53.3 Å². The number of ether oxygens (including phenoxy) is 1. The zero-order valence-corrected chi connectivity index (χ0v) is 20.3. The van der Waals surface area contributed by atoms with Crippen molar-refractivity contribution < 1.29 is 22.7 Å². The lowest BCUT2D eigenvalue weighted by atomic mass is 9.93. The fraction of sp³-hybridized carbons (Fsp3) is 0.357. The van der Waals surface area contributed by atoms with Crippen molar-refractivity contribution in [1.29, 1.82) is 0 Å². The van der Waals surface area contributed by atoms with Gasteiger partial charge in [-0.05, 0) is 86.8 Å². The van der Waals surface area contributed by atoms with E-state index >= 15 is 0 Å². The number of pyridine rings is 1. The monoisotopic (exact) mass is 495 g/mol. The number of alkyl halides is 3. The van der Waals surface area contributed by atoms with Gasteiger partial charge in [-0.15, -0.1) is 0 Å². The van der Waals surface area contributed by atoms with E-state index in [-0.39, 0.29) is 11.5 Å². The number of likely N-dealkylation sites (N-methyl/N-ethyl adjacent to an activating group) is 1. The molecule has 36 heavy (non-hydrogen) atoms. The molecular formula is C28H28F3N3O2. The van der Waals surface area contributed by atoms with Gasteiger partial charge in [0.1, 0.15) is 12.4 Å². The van der Waals surface area contributed by atoms with E-state index in [2.05, 4.69) is 28.8 Å². The molecule has 0 spiro atoms. The van der Waals surface area contributed by atoms with Crippen LogP contribution in [0.4, 0.5) is 13.2 Å². The van der Waals surface area contributed by atoms with Crippen molar-refractivity contribution in [3.63, 3.8) is 0 Å². The molecule has 1 aromatic heterocycles. The number of allylic oxidation sites excluding steroid dienone is 1. The van der Waals surface area contributed by atoms with Gasteiger partial charge in [0.05, 0.1) is 16.6 Å². The first-order chi connectivity index (χ1) is 17.1. The minimum atomic E-state index is -4.56. The second kappa shape index (κ2) is 8.92. The molecule has 188 valence electrons. The molecule has 0 bridgehead atoms. The summed E-state index contributed by atoms with van der Waals surface area (Å²) in [5.41, 5.74) is 0.593.